The molecule has 0 atom stereocenters. The Morgan fingerprint density at radius 3 is 2.95 bits per heavy atom. The number of para-hydroxylation sites is 1. The van der Waals surface area contributed by atoms with Gasteiger partial charge >= 0.3 is 0 Å². The highest BCUT2D eigenvalue weighted by molar-refractivity contribution is 5.47. The molecule has 0 bridgehead atoms. The van der Waals surface area contributed by atoms with Gasteiger partial charge in [-0.05, 0) is 26.0 Å². The Hall–Kier alpha value is -1.26. The summed E-state index contributed by atoms with van der Waals surface area (Å²) in [6, 6.07) is 6.94. The number of likely N-dealkylation sites (N-methyl/N-ethyl adjacent to an activating group) is 1. The van der Waals surface area contributed by atoms with Gasteiger partial charge < -0.3 is 19.7 Å². The summed E-state index contributed by atoms with van der Waals surface area (Å²) in [6.45, 7) is 4.25. The lowest BCUT2D eigenvalue weighted by molar-refractivity contribution is 0.169. The fraction of sp³-hybridized carbons (Fsp3) is 0.600. The minimum Gasteiger partial charge on any atom is -0.486 e. The van der Waals surface area contributed by atoms with Crippen LogP contribution in [0.25, 0.3) is 0 Å². The quantitative estimate of drug-likeness (QED) is 0.790. The smallest absolute Gasteiger partial charge is 0.165 e. The number of hydrogen-bond donors (Lipinski definition) is 1. The number of nitrogens with one attached hydrogen (secondary N) is 1. The van der Waals surface area contributed by atoms with Gasteiger partial charge in [-0.1, -0.05) is 12.1 Å². The van der Waals surface area contributed by atoms with Crippen molar-refractivity contribution in [2.24, 2.45) is 0 Å². The molecular weight excluding hydrogens is 240 g/mol. The first-order valence-electron chi connectivity index (χ1n) is 7.13. The molecule has 1 aromatic carbocycles. The van der Waals surface area contributed by atoms with Crippen LogP contribution in [-0.4, -0.2) is 44.3 Å². The van der Waals surface area contributed by atoms with Crippen LogP contribution in [0, 0.1) is 0 Å². The zero-order chi connectivity index (χ0) is 13.1. The first-order valence-corrected chi connectivity index (χ1v) is 7.13. The van der Waals surface area contributed by atoms with Crippen molar-refractivity contribution >= 4 is 0 Å². The van der Waals surface area contributed by atoms with Crippen molar-refractivity contribution in [3.63, 3.8) is 0 Å². The first-order chi connectivity index (χ1) is 9.34. The predicted molar refractivity (Wildman–Crippen MR) is 74.8 cm³/mol. The fourth-order valence-corrected chi connectivity index (χ4v) is 2.45. The first kappa shape index (κ1) is 12.8. The van der Waals surface area contributed by atoms with Gasteiger partial charge in [-0.3, -0.25) is 0 Å². The van der Waals surface area contributed by atoms with Gasteiger partial charge in [0.25, 0.3) is 0 Å². The molecule has 0 spiro atoms. The SMILES string of the molecule is CN(CCNCc1cccc2c1OCCO2)C1CC1. The zero-order valence-electron chi connectivity index (χ0n) is 11.5. The highest BCUT2D eigenvalue weighted by atomic mass is 16.6. The van der Waals surface area contributed by atoms with E-state index in [1.807, 2.05) is 12.1 Å². The van der Waals surface area contributed by atoms with Gasteiger partial charge in [0.1, 0.15) is 13.2 Å². The average molecular weight is 262 g/mol. The molecule has 4 nitrogen and oxygen atoms in total. The van der Waals surface area contributed by atoms with Crippen LogP contribution in [0.3, 0.4) is 0 Å². The largest absolute Gasteiger partial charge is 0.486 e. The maximum absolute atomic E-state index is 5.71. The van der Waals surface area contributed by atoms with E-state index in [9.17, 15) is 0 Å². The molecule has 1 saturated carbocycles. The standard InChI is InChI=1S/C15H22N2O2/c1-17(13-5-6-13)8-7-16-11-12-3-2-4-14-15(12)19-10-9-18-14/h2-4,13,16H,5-11H2,1H3. The van der Waals surface area contributed by atoms with Crippen LogP contribution in [0.1, 0.15) is 18.4 Å². The normalized spacial score (nSPS) is 17.8. The van der Waals surface area contributed by atoms with Gasteiger partial charge in [-0.2, -0.15) is 0 Å². The number of rotatable bonds is 6. The van der Waals surface area contributed by atoms with Gasteiger partial charge in [-0.15, -0.1) is 0 Å². The average Bonchev–Trinajstić information content (AvgIpc) is 3.28. The zero-order valence-corrected chi connectivity index (χ0v) is 11.5. The third kappa shape index (κ3) is 3.19. The second-order valence-corrected chi connectivity index (χ2v) is 5.33. The summed E-state index contributed by atoms with van der Waals surface area (Å²) in [5.41, 5.74) is 1.19. The van der Waals surface area contributed by atoms with Gasteiger partial charge in [0.05, 0.1) is 0 Å². The molecule has 0 amide bonds. The third-order valence-electron chi connectivity index (χ3n) is 3.77. The molecule has 0 radical (unpaired) electrons. The molecule has 4 heteroatoms. The number of benzene rings is 1. The van der Waals surface area contributed by atoms with Crippen LogP contribution in [0.2, 0.25) is 0 Å². The van der Waals surface area contributed by atoms with E-state index in [4.69, 9.17) is 9.47 Å². The van der Waals surface area contributed by atoms with Crippen LogP contribution in [-0.2, 0) is 6.54 Å². The summed E-state index contributed by atoms with van der Waals surface area (Å²) >= 11 is 0. The second kappa shape index (κ2) is 5.80. The van der Waals surface area contributed by atoms with Crippen LogP contribution in [0.15, 0.2) is 18.2 Å². The van der Waals surface area contributed by atoms with E-state index >= 15 is 0 Å². The van der Waals surface area contributed by atoms with Crippen molar-refractivity contribution in [1.29, 1.82) is 0 Å². The fourth-order valence-electron chi connectivity index (χ4n) is 2.45. The lowest BCUT2D eigenvalue weighted by atomic mass is 10.1. The molecule has 0 unspecified atom stereocenters. The molecule has 1 N–H and O–H groups in total. The summed E-state index contributed by atoms with van der Waals surface area (Å²) in [5, 5.41) is 3.49. The Morgan fingerprint density at radius 2 is 2.11 bits per heavy atom. The molecule has 0 saturated heterocycles. The van der Waals surface area contributed by atoms with E-state index in [0.717, 1.165) is 37.2 Å². The summed E-state index contributed by atoms with van der Waals surface area (Å²) in [4.78, 5) is 2.44. The molecule has 1 aliphatic heterocycles. The molecule has 1 aromatic rings. The van der Waals surface area contributed by atoms with E-state index in [-0.39, 0.29) is 0 Å². The van der Waals surface area contributed by atoms with E-state index < -0.39 is 0 Å². The second-order valence-electron chi connectivity index (χ2n) is 5.33. The maximum atomic E-state index is 5.71. The van der Waals surface area contributed by atoms with Gasteiger partial charge in [0.2, 0.25) is 0 Å². The van der Waals surface area contributed by atoms with Gasteiger partial charge in [0, 0.05) is 31.2 Å². The minimum absolute atomic E-state index is 0.647. The lowest BCUT2D eigenvalue weighted by Gasteiger charge is -2.21. The molecule has 104 valence electrons. The van der Waals surface area contributed by atoms with Crippen molar-refractivity contribution in [3.8, 4) is 11.5 Å². The van der Waals surface area contributed by atoms with Crippen molar-refractivity contribution in [3.05, 3.63) is 23.8 Å². The number of nitrogens with zero attached hydrogens (tertiary/aromatic N) is 1. The van der Waals surface area contributed by atoms with Crippen molar-refractivity contribution in [2.75, 3.05) is 33.4 Å². The third-order valence-corrected chi connectivity index (χ3v) is 3.77. The molecular formula is C15H22N2O2. The highest BCUT2D eigenvalue weighted by Crippen LogP contribution is 2.33. The van der Waals surface area contributed by atoms with Gasteiger partial charge in [0.15, 0.2) is 11.5 Å². The Balaban J connectivity index is 1.49. The van der Waals surface area contributed by atoms with E-state index in [2.05, 4.69) is 23.3 Å². The molecule has 0 aromatic heterocycles. The molecule has 19 heavy (non-hydrogen) atoms. The number of ether oxygens (including phenoxy) is 2. The predicted octanol–water partition coefficient (Wildman–Crippen LogP) is 1.64. The van der Waals surface area contributed by atoms with Crippen LogP contribution in [0.4, 0.5) is 0 Å². The lowest BCUT2D eigenvalue weighted by Crippen LogP contribution is -2.30. The van der Waals surface area contributed by atoms with Crippen LogP contribution < -0.4 is 14.8 Å². The van der Waals surface area contributed by atoms with E-state index in [0.29, 0.717) is 13.2 Å². The summed E-state index contributed by atoms with van der Waals surface area (Å²) in [5.74, 6) is 1.79. The maximum Gasteiger partial charge on any atom is 0.165 e. The number of hydrogen-bond acceptors (Lipinski definition) is 4. The minimum atomic E-state index is 0.647. The van der Waals surface area contributed by atoms with E-state index in [1.54, 1.807) is 0 Å². The summed E-state index contributed by atoms with van der Waals surface area (Å²) in [7, 11) is 2.21. The van der Waals surface area contributed by atoms with Crippen molar-refractivity contribution in [2.45, 2.75) is 25.4 Å². The Morgan fingerprint density at radius 1 is 1.26 bits per heavy atom. The molecule has 1 fully saturated rings. The Bertz CT molecular complexity index is 432. The van der Waals surface area contributed by atoms with Crippen LogP contribution in [0.5, 0.6) is 11.5 Å². The van der Waals surface area contributed by atoms with Crippen LogP contribution >= 0.6 is 0 Å². The Labute approximate surface area is 114 Å². The molecule has 2 aliphatic rings. The number of fused-ring (bicyclic) bond motifs is 1. The van der Waals surface area contributed by atoms with Gasteiger partial charge in [-0.25, -0.2) is 0 Å². The molecule has 1 heterocycles. The van der Waals surface area contributed by atoms with Crippen molar-refractivity contribution < 1.29 is 9.47 Å². The van der Waals surface area contributed by atoms with Crippen molar-refractivity contribution in [1.82, 2.24) is 10.2 Å². The summed E-state index contributed by atoms with van der Waals surface area (Å²) < 4.78 is 11.3. The monoisotopic (exact) mass is 262 g/mol. The highest BCUT2D eigenvalue weighted by Gasteiger charge is 2.25. The Kier molecular flexibility index (Phi) is 3.89. The molecule has 1 aliphatic carbocycles. The molecule has 3 rings (SSSR count). The topological polar surface area (TPSA) is 33.7 Å². The summed E-state index contributed by atoms with van der Waals surface area (Å²) in [6.07, 6.45) is 2.74. The van der Waals surface area contributed by atoms with E-state index in [1.165, 1.54) is 18.4 Å².